The van der Waals surface area contributed by atoms with Crippen LogP contribution in [-0.4, -0.2) is 41.0 Å². The molecule has 8 nitrogen and oxygen atoms in total. The summed E-state index contributed by atoms with van der Waals surface area (Å²) in [5.41, 5.74) is 0. The van der Waals surface area contributed by atoms with Gasteiger partial charge in [-0.15, -0.1) is 0 Å². The quantitative estimate of drug-likeness (QED) is 0.0282. The lowest BCUT2D eigenvalue weighted by atomic mass is 10.0. The first-order chi connectivity index (χ1) is 23.8. The molecule has 9 heteroatoms. The Hall–Kier alpha value is -1.47. The molecule has 0 aliphatic heterocycles. The lowest BCUT2D eigenvalue weighted by Gasteiger charge is -2.18. The molecule has 0 unspecified atom stereocenters. The summed E-state index contributed by atoms with van der Waals surface area (Å²) in [6.07, 6.45) is 40.4. The molecule has 0 aromatic carbocycles. The van der Waals surface area contributed by atoms with Crippen LogP contribution in [0.4, 0.5) is 0 Å². The van der Waals surface area contributed by atoms with Crippen LogP contribution in [0.5, 0.6) is 0 Å². The lowest BCUT2D eigenvalue weighted by Crippen LogP contribution is -2.29. The van der Waals surface area contributed by atoms with Gasteiger partial charge in [-0.1, -0.05) is 167 Å². The molecule has 49 heavy (non-hydrogen) atoms. The fourth-order valence-electron chi connectivity index (χ4n) is 5.70. The Balaban J connectivity index is 3.89. The molecule has 0 saturated carbocycles. The van der Waals surface area contributed by atoms with Crippen molar-refractivity contribution < 1.29 is 37.9 Å². The standard InChI is InChI=1S/C40H75O8P/c1-3-5-7-9-11-13-15-17-18-19-20-21-22-23-25-26-28-30-32-34-39(41)46-36-38(37-47-49(43,44)45)48-40(42)35-33-31-29-27-24-16-14-12-10-8-6-4-2/h11,13,17-18,38H,3-10,12,14-16,19-37H2,1-2H3,(H2,43,44,45)/b13-11-,18-17-/t38-/m1/s1. The SMILES string of the molecule is CCCCC/C=C\C/C=C\CCCCCCCCCCCC(=O)OC[C@H](COP(=O)(O)O)OC(=O)CCCCCCCCCCCCCC. The molecule has 2 N–H and O–H groups in total. The summed E-state index contributed by atoms with van der Waals surface area (Å²) in [4.78, 5) is 42.7. The van der Waals surface area contributed by atoms with Crippen molar-refractivity contribution in [1.29, 1.82) is 0 Å². The summed E-state index contributed by atoms with van der Waals surface area (Å²) >= 11 is 0. The van der Waals surface area contributed by atoms with E-state index in [1.807, 2.05) is 0 Å². The Bertz CT molecular complexity index is 853. The predicted octanol–water partition coefficient (Wildman–Crippen LogP) is 12.0. The van der Waals surface area contributed by atoms with E-state index in [2.05, 4.69) is 42.7 Å². The highest BCUT2D eigenvalue weighted by Gasteiger charge is 2.22. The molecule has 1 atom stereocenters. The molecule has 0 spiro atoms. The molecule has 0 aliphatic rings. The third-order valence-electron chi connectivity index (χ3n) is 8.72. The number of hydrogen-bond acceptors (Lipinski definition) is 6. The lowest BCUT2D eigenvalue weighted by molar-refractivity contribution is -0.161. The molecular formula is C40H75O8P. The van der Waals surface area contributed by atoms with E-state index in [4.69, 9.17) is 19.3 Å². The van der Waals surface area contributed by atoms with Crippen molar-refractivity contribution >= 4 is 19.8 Å². The number of carbonyl (C=O) groups is 2. The summed E-state index contributed by atoms with van der Waals surface area (Å²) in [5, 5.41) is 0. The van der Waals surface area contributed by atoms with E-state index < -0.39 is 32.5 Å². The zero-order chi connectivity index (χ0) is 36.1. The Morgan fingerprint density at radius 3 is 1.39 bits per heavy atom. The third-order valence-corrected chi connectivity index (χ3v) is 9.21. The molecule has 0 bridgehead atoms. The Morgan fingerprint density at radius 2 is 0.918 bits per heavy atom. The van der Waals surface area contributed by atoms with Crippen molar-refractivity contribution in [3.8, 4) is 0 Å². The number of phosphoric acid groups is 1. The average molecular weight is 715 g/mol. The number of esters is 2. The Morgan fingerprint density at radius 1 is 0.531 bits per heavy atom. The van der Waals surface area contributed by atoms with E-state index in [1.54, 1.807) is 0 Å². The molecule has 0 radical (unpaired) electrons. The molecule has 0 aromatic heterocycles. The Labute approximate surface area is 300 Å². The maximum absolute atomic E-state index is 12.3. The van der Waals surface area contributed by atoms with E-state index >= 15 is 0 Å². The van der Waals surface area contributed by atoms with Crippen molar-refractivity contribution in [2.24, 2.45) is 0 Å². The van der Waals surface area contributed by atoms with Crippen LogP contribution in [0.3, 0.4) is 0 Å². The van der Waals surface area contributed by atoms with Crippen LogP contribution >= 0.6 is 7.82 Å². The second kappa shape index (κ2) is 36.3. The first-order valence-corrected chi connectivity index (χ1v) is 21.7. The number of phosphoric ester groups is 1. The minimum absolute atomic E-state index is 0.215. The monoisotopic (exact) mass is 715 g/mol. The first-order valence-electron chi connectivity index (χ1n) is 20.1. The van der Waals surface area contributed by atoms with Crippen molar-refractivity contribution in [2.45, 2.75) is 206 Å². The van der Waals surface area contributed by atoms with Gasteiger partial charge in [0.1, 0.15) is 6.61 Å². The maximum Gasteiger partial charge on any atom is 0.469 e. The van der Waals surface area contributed by atoms with Crippen molar-refractivity contribution in [3.63, 3.8) is 0 Å². The number of rotatable bonds is 37. The molecule has 0 heterocycles. The molecule has 0 aliphatic carbocycles. The molecule has 0 saturated heterocycles. The fraction of sp³-hybridized carbons (Fsp3) is 0.850. The summed E-state index contributed by atoms with van der Waals surface area (Å²) in [6, 6.07) is 0. The third kappa shape index (κ3) is 39.2. The Kier molecular flexibility index (Phi) is 35.2. The van der Waals surface area contributed by atoms with Crippen LogP contribution in [0.15, 0.2) is 24.3 Å². The molecule has 0 amide bonds. The van der Waals surface area contributed by atoms with Gasteiger partial charge in [-0.2, -0.15) is 0 Å². The minimum Gasteiger partial charge on any atom is -0.462 e. The van der Waals surface area contributed by atoms with E-state index in [1.165, 1.54) is 116 Å². The van der Waals surface area contributed by atoms with Crippen LogP contribution in [0.1, 0.15) is 200 Å². The van der Waals surface area contributed by atoms with E-state index in [-0.39, 0.29) is 19.4 Å². The second-order valence-electron chi connectivity index (χ2n) is 13.6. The van der Waals surface area contributed by atoms with Gasteiger partial charge in [0, 0.05) is 12.8 Å². The van der Waals surface area contributed by atoms with Gasteiger partial charge in [0.25, 0.3) is 0 Å². The highest BCUT2D eigenvalue weighted by molar-refractivity contribution is 7.46. The largest absolute Gasteiger partial charge is 0.469 e. The van der Waals surface area contributed by atoms with Gasteiger partial charge >= 0.3 is 19.8 Å². The van der Waals surface area contributed by atoms with Gasteiger partial charge in [0.2, 0.25) is 0 Å². The zero-order valence-corrected chi connectivity index (χ0v) is 32.5. The molecule has 0 aromatic rings. The number of hydrogen-bond donors (Lipinski definition) is 2. The first kappa shape index (κ1) is 47.5. The number of ether oxygens (including phenoxy) is 2. The van der Waals surface area contributed by atoms with Crippen LogP contribution in [0.2, 0.25) is 0 Å². The van der Waals surface area contributed by atoms with Crippen molar-refractivity contribution in [1.82, 2.24) is 0 Å². The summed E-state index contributed by atoms with van der Waals surface area (Å²) in [7, 11) is -4.75. The van der Waals surface area contributed by atoms with Crippen LogP contribution in [0, 0.1) is 0 Å². The van der Waals surface area contributed by atoms with Gasteiger partial charge in [0.05, 0.1) is 6.61 Å². The minimum atomic E-state index is -4.75. The topological polar surface area (TPSA) is 119 Å². The number of unbranched alkanes of at least 4 members (excludes halogenated alkanes) is 23. The van der Waals surface area contributed by atoms with Gasteiger partial charge < -0.3 is 19.3 Å². The maximum atomic E-state index is 12.3. The van der Waals surface area contributed by atoms with Gasteiger partial charge in [-0.25, -0.2) is 4.57 Å². The normalized spacial score (nSPS) is 12.7. The molecule has 0 fully saturated rings. The smallest absolute Gasteiger partial charge is 0.462 e. The zero-order valence-electron chi connectivity index (χ0n) is 31.6. The fourth-order valence-corrected chi connectivity index (χ4v) is 6.06. The highest BCUT2D eigenvalue weighted by atomic mass is 31.2. The van der Waals surface area contributed by atoms with Crippen molar-refractivity contribution in [3.05, 3.63) is 24.3 Å². The van der Waals surface area contributed by atoms with Crippen LogP contribution in [0.25, 0.3) is 0 Å². The molecular weight excluding hydrogens is 639 g/mol. The summed E-state index contributed by atoms with van der Waals surface area (Å²) in [6.45, 7) is 3.66. The van der Waals surface area contributed by atoms with Gasteiger partial charge in [-0.3, -0.25) is 14.1 Å². The second-order valence-corrected chi connectivity index (χ2v) is 14.9. The van der Waals surface area contributed by atoms with E-state index in [0.29, 0.717) is 6.42 Å². The average Bonchev–Trinajstić information content (AvgIpc) is 3.07. The molecule has 288 valence electrons. The molecule has 0 rings (SSSR count). The van der Waals surface area contributed by atoms with Crippen LogP contribution < -0.4 is 0 Å². The number of carbonyl (C=O) groups excluding carboxylic acids is 2. The van der Waals surface area contributed by atoms with Gasteiger partial charge in [-0.05, 0) is 44.9 Å². The summed E-state index contributed by atoms with van der Waals surface area (Å²) < 4.78 is 26.3. The van der Waals surface area contributed by atoms with E-state index in [0.717, 1.165) is 51.4 Å². The van der Waals surface area contributed by atoms with Crippen molar-refractivity contribution in [2.75, 3.05) is 13.2 Å². The van der Waals surface area contributed by atoms with Crippen LogP contribution in [-0.2, 0) is 28.2 Å². The predicted molar refractivity (Wildman–Crippen MR) is 202 cm³/mol. The van der Waals surface area contributed by atoms with Gasteiger partial charge in [0.15, 0.2) is 6.10 Å². The summed E-state index contributed by atoms with van der Waals surface area (Å²) in [5.74, 6) is -0.883. The van der Waals surface area contributed by atoms with E-state index in [9.17, 15) is 14.2 Å². The number of allylic oxidation sites excluding steroid dienone is 4. The highest BCUT2D eigenvalue weighted by Crippen LogP contribution is 2.36.